The number of benzene rings is 2. The van der Waals surface area contributed by atoms with Gasteiger partial charge in [-0.15, -0.1) is 0 Å². The van der Waals surface area contributed by atoms with Crippen LogP contribution in [0.15, 0.2) is 60.7 Å². The monoisotopic (exact) mass is 250 g/mol. The molecule has 2 nitrogen and oxygen atoms in total. The number of hydrogen-bond acceptors (Lipinski definition) is 1. The van der Waals surface area contributed by atoms with Crippen LogP contribution >= 0.6 is 0 Å². The molecule has 1 aliphatic heterocycles. The summed E-state index contributed by atoms with van der Waals surface area (Å²) in [4.78, 5) is 2.12. The van der Waals surface area contributed by atoms with E-state index in [1.165, 1.54) is 5.56 Å². The lowest BCUT2D eigenvalue weighted by Gasteiger charge is -2.55. The molecule has 0 radical (unpaired) electrons. The van der Waals surface area contributed by atoms with Gasteiger partial charge in [-0.05, 0) is 17.7 Å². The SMILES string of the molecule is CC1(C)C(=N)N(c2ccccc2)C1c1ccccc1. The third-order valence-corrected chi connectivity index (χ3v) is 3.94. The van der Waals surface area contributed by atoms with Gasteiger partial charge in [-0.25, -0.2) is 0 Å². The van der Waals surface area contributed by atoms with E-state index in [-0.39, 0.29) is 11.5 Å². The Bertz CT molecular complexity index is 587. The molecular weight excluding hydrogens is 232 g/mol. The number of nitrogens with zero attached hydrogens (tertiary/aromatic N) is 1. The number of rotatable bonds is 2. The summed E-state index contributed by atoms with van der Waals surface area (Å²) in [5.41, 5.74) is 2.25. The molecule has 0 saturated carbocycles. The zero-order valence-corrected chi connectivity index (χ0v) is 11.3. The summed E-state index contributed by atoms with van der Waals surface area (Å²) in [6.07, 6.45) is 0. The van der Waals surface area contributed by atoms with Crippen LogP contribution in [0.2, 0.25) is 0 Å². The van der Waals surface area contributed by atoms with E-state index in [0.717, 1.165) is 5.69 Å². The molecule has 1 aliphatic rings. The minimum atomic E-state index is -0.114. The normalized spacial score (nSPS) is 21.1. The third-order valence-electron chi connectivity index (χ3n) is 3.94. The maximum absolute atomic E-state index is 8.33. The van der Waals surface area contributed by atoms with Crippen molar-refractivity contribution in [2.75, 3.05) is 4.90 Å². The van der Waals surface area contributed by atoms with Crippen LogP contribution in [0.25, 0.3) is 0 Å². The molecule has 1 heterocycles. The Morgan fingerprint density at radius 3 is 2.00 bits per heavy atom. The highest BCUT2D eigenvalue weighted by Gasteiger charge is 2.52. The Labute approximate surface area is 114 Å². The topological polar surface area (TPSA) is 27.1 Å². The second-order valence-corrected chi connectivity index (χ2v) is 5.59. The van der Waals surface area contributed by atoms with Gasteiger partial charge in [0.05, 0.1) is 6.04 Å². The van der Waals surface area contributed by atoms with Gasteiger partial charge in [-0.2, -0.15) is 0 Å². The molecular formula is C17H18N2. The van der Waals surface area contributed by atoms with Gasteiger partial charge in [0.25, 0.3) is 0 Å². The Morgan fingerprint density at radius 2 is 1.42 bits per heavy atom. The van der Waals surface area contributed by atoms with Crippen molar-refractivity contribution in [3.63, 3.8) is 0 Å². The van der Waals surface area contributed by atoms with E-state index < -0.39 is 0 Å². The molecule has 96 valence electrons. The highest BCUT2D eigenvalue weighted by Crippen LogP contribution is 2.51. The average molecular weight is 250 g/mol. The van der Waals surface area contributed by atoms with Crippen LogP contribution in [0.3, 0.4) is 0 Å². The van der Waals surface area contributed by atoms with E-state index >= 15 is 0 Å². The standard InChI is InChI=1S/C17H18N2/c1-17(2)15(13-9-5-3-6-10-13)19(16(17)18)14-11-7-4-8-12-14/h3-12,15,18H,1-2H3. The molecule has 1 atom stereocenters. The molecule has 0 aliphatic carbocycles. The van der Waals surface area contributed by atoms with Crippen molar-refractivity contribution < 1.29 is 0 Å². The van der Waals surface area contributed by atoms with Crippen LogP contribution in [0, 0.1) is 10.8 Å². The maximum Gasteiger partial charge on any atom is 0.109 e. The minimum Gasteiger partial charge on any atom is -0.321 e. The number of nitrogens with one attached hydrogen (secondary N) is 1. The first-order chi connectivity index (χ1) is 9.12. The van der Waals surface area contributed by atoms with Gasteiger partial charge in [-0.1, -0.05) is 62.4 Å². The molecule has 2 heteroatoms. The predicted molar refractivity (Wildman–Crippen MR) is 79.6 cm³/mol. The molecule has 1 fully saturated rings. The summed E-state index contributed by atoms with van der Waals surface area (Å²) in [6, 6.07) is 20.9. The van der Waals surface area contributed by atoms with Gasteiger partial charge in [0.15, 0.2) is 0 Å². The number of amidine groups is 1. The van der Waals surface area contributed by atoms with E-state index in [0.29, 0.717) is 5.84 Å². The summed E-state index contributed by atoms with van der Waals surface area (Å²) < 4.78 is 0. The van der Waals surface area contributed by atoms with Crippen LogP contribution < -0.4 is 4.90 Å². The summed E-state index contributed by atoms with van der Waals surface area (Å²) in [7, 11) is 0. The molecule has 19 heavy (non-hydrogen) atoms. The van der Waals surface area contributed by atoms with Crippen LogP contribution in [0.1, 0.15) is 25.5 Å². The lowest BCUT2D eigenvalue weighted by molar-refractivity contribution is 0.335. The Kier molecular flexibility index (Phi) is 2.67. The van der Waals surface area contributed by atoms with Gasteiger partial charge in [0.1, 0.15) is 5.84 Å². The number of anilines is 1. The van der Waals surface area contributed by atoms with E-state index in [1.54, 1.807) is 0 Å². The quantitative estimate of drug-likeness (QED) is 0.847. The molecule has 1 N–H and O–H groups in total. The number of hydrogen-bond donors (Lipinski definition) is 1. The van der Waals surface area contributed by atoms with Gasteiger partial charge in [0, 0.05) is 11.1 Å². The van der Waals surface area contributed by atoms with Crippen LogP contribution in [0.4, 0.5) is 5.69 Å². The summed E-state index contributed by atoms with van der Waals surface area (Å²) in [6.45, 7) is 4.29. The molecule has 2 aromatic rings. The first-order valence-corrected chi connectivity index (χ1v) is 6.60. The molecule has 0 aromatic heterocycles. The Morgan fingerprint density at radius 1 is 0.895 bits per heavy atom. The predicted octanol–water partition coefficient (Wildman–Crippen LogP) is 4.25. The zero-order valence-electron chi connectivity index (χ0n) is 11.3. The first-order valence-electron chi connectivity index (χ1n) is 6.60. The van der Waals surface area contributed by atoms with Gasteiger partial charge < -0.3 is 4.90 Å². The maximum atomic E-state index is 8.33. The fourth-order valence-electron chi connectivity index (χ4n) is 2.89. The minimum absolute atomic E-state index is 0.114. The van der Waals surface area contributed by atoms with E-state index in [9.17, 15) is 0 Å². The smallest absolute Gasteiger partial charge is 0.109 e. The summed E-state index contributed by atoms with van der Waals surface area (Å²) >= 11 is 0. The fourth-order valence-corrected chi connectivity index (χ4v) is 2.89. The van der Waals surface area contributed by atoms with Crippen molar-refractivity contribution in [1.82, 2.24) is 0 Å². The molecule has 0 amide bonds. The van der Waals surface area contributed by atoms with E-state index in [2.05, 4.69) is 55.1 Å². The Balaban J connectivity index is 2.03. The van der Waals surface area contributed by atoms with Crippen molar-refractivity contribution in [2.24, 2.45) is 5.41 Å². The highest BCUT2D eigenvalue weighted by atomic mass is 15.3. The zero-order chi connectivity index (χ0) is 13.5. The summed E-state index contributed by atoms with van der Waals surface area (Å²) in [5, 5.41) is 8.33. The van der Waals surface area contributed by atoms with Gasteiger partial charge >= 0.3 is 0 Å². The average Bonchev–Trinajstić information content (AvgIpc) is 2.45. The van der Waals surface area contributed by atoms with Crippen LogP contribution in [-0.4, -0.2) is 5.84 Å². The van der Waals surface area contributed by atoms with Crippen molar-refractivity contribution in [2.45, 2.75) is 19.9 Å². The molecule has 1 saturated heterocycles. The van der Waals surface area contributed by atoms with Crippen LogP contribution in [0.5, 0.6) is 0 Å². The Hall–Kier alpha value is -2.09. The van der Waals surface area contributed by atoms with Crippen molar-refractivity contribution in [1.29, 1.82) is 5.41 Å². The van der Waals surface area contributed by atoms with E-state index in [1.807, 2.05) is 24.3 Å². The van der Waals surface area contributed by atoms with E-state index in [4.69, 9.17) is 5.41 Å². The van der Waals surface area contributed by atoms with Gasteiger partial charge in [-0.3, -0.25) is 5.41 Å². The largest absolute Gasteiger partial charge is 0.321 e. The number of para-hydroxylation sites is 1. The third kappa shape index (κ3) is 1.75. The van der Waals surface area contributed by atoms with Crippen LogP contribution in [-0.2, 0) is 0 Å². The lowest BCUT2D eigenvalue weighted by Crippen LogP contribution is -2.60. The van der Waals surface area contributed by atoms with Crippen molar-refractivity contribution >= 4 is 11.5 Å². The second kappa shape index (κ2) is 4.23. The fraction of sp³-hybridized carbons (Fsp3) is 0.235. The van der Waals surface area contributed by atoms with Crippen molar-refractivity contribution in [3.05, 3.63) is 66.2 Å². The molecule has 3 rings (SSSR count). The molecule has 2 aromatic carbocycles. The van der Waals surface area contributed by atoms with Crippen molar-refractivity contribution in [3.8, 4) is 0 Å². The van der Waals surface area contributed by atoms with Gasteiger partial charge in [0.2, 0.25) is 0 Å². The highest BCUT2D eigenvalue weighted by molar-refractivity contribution is 6.07. The molecule has 0 bridgehead atoms. The molecule has 1 unspecified atom stereocenters. The first kappa shape index (κ1) is 12.0. The summed E-state index contributed by atoms with van der Waals surface area (Å²) in [5.74, 6) is 0.688. The lowest BCUT2D eigenvalue weighted by atomic mass is 9.70. The second-order valence-electron chi connectivity index (χ2n) is 5.59. The molecule has 0 spiro atoms.